The molecule has 1 aromatic carbocycles. The Kier molecular flexibility index (Phi) is 6.10. The van der Waals surface area contributed by atoms with E-state index in [0.717, 1.165) is 34.7 Å². The Hall–Kier alpha value is -2.84. The number of hydrogen-bond acceptors (Lipinski definition) is 6. The molecule has 142 valence electrons. The van der Waals surface area contributed by atoms with Crippen LogP contribution in [0, 0.1) is 0 Å². The summed E-state index contributed by atoms with van der Waals surface area (Å²) in [5.41, 5.74) is 2.65. The number of rotatable bonds is 8. The van der Waals surface area contributed by atoms with Gasteiger partial charge in [-0.2, -0.15) is 0 Å². The van der Waals surface area contributed by atoms with Crippen LogP contribution >= 0.6 is 0 Å². The number of benzene rings is 1. The Morgan fingerprint density at radius 1 is 1.26 bits per heavy atom. The zero-order valence-electron chi connectivity index (χ0n) is 15.8. The van der Waals surface area contributed by atoms with Crippen molar-refractivity contribution in [1.82, 2.24) is 24.6 Å². The summed E-state index contributed by atoms with van der Waals surface area (Å²) >= 11 is 0. The lowest BCUT2D eigenvalue weighted by Gasteiger charge is -2.16. The number of ether oxygens (including phenoxy) is 1. The monoisotopic (exact) mass is 368 g/mol. The van der Waals surface area contributed by atoms with E-state index < -0.39 is 0 Å². The van der Waals surface area contributed by atoms with Crippen molar-refractivity contribution in [2.75, 3.05) is 26.1 Å². The minimum atomic E-state index is -0.0843. The van der Waals surface area contributed by atoms with Gasteiger partial charge in [0.25, 0.3) is 0 Å². The summed E-state index contributed by atoms with van der Waals surface area (Å²) in [7, 11) is 3.71. The van der Waals surface area contributed by atoms with Crippen LogP contribution in [0.25, 0.3) is 10.9 Å². The average molecular weight is 368 g/mol. The van der Waals surface area contributed by atoms with Gasteiger partial charge >= 0.3 is 0 Å². The van der Waals surface area contributed by atoms with Crippen LogP contribution in [0.2, 0.25) is 0 Å². The van der Waals surface area contributed by atoms with E-state index in [0.29, 0.717) is 19.7 Å². The highest BCUT2D eigenvalue weighted by molar-refractivity contribution is 5.92. The first-order chi connectivity index (χ1) is 13.0. The van der Waals surface area contributed by atoms with E-state index in [1.807, 2.05) is 41.9 Å². The first kappa shape index (κ1) is 18.9. The van der Waals surface area contributed by atoms with Crippen molar-refractivity contribution < 1.29 is 9.53 Å². The summed E-state index contributed by atoms with van der Waals surface area (Å²) in [4.78, 5) is 18.1. The normalized spacial score (nSPS) is 11.3. The highest BCUT2D eigenvalue weighted by atomic mass is 16.5. The van der Waals surface area contributed by atoms with Crippen LogP contribution < -0.4 is 5.32 Å². The molecule has 0 aliphatic carbocycles. The molecule has 3 aromatic rings. The first-order valence-electron chi connectivity index (χ1n) is 8.76. The lowest BCUT2D eigenvalue weighted by molar-refractivity contribution is -0.114. The summed E-state index contributed by atoms with van der Waals surface area (Å²) in [5, 5.41) is 12.0. The summed E-state index contributed by atoms with van der Waals surface area (Å²) in [6.07, 6.45) is 1.73. The predicted molar refractivity (Wildman–Crippen MR) is 103 cm³/mol. The highest BCUT2D eigenvalue weighted by Crippen LogP contribution is 2.19. The van der Waals surface area contributed by atoms with Crippen LogP contribution in [0.5, 0.6) is 0 Å². The van der Waals surface area contributed by atoms with Crippen LogP contribution in [0.4, 0.5) is 5.69 Å². The quantitative estimate of drug-likeness (QED) is 0.655. The molecule has 27 heavy (non-hydrogen) atoms. The minimum absolute atomic E-state index is 0.0843. The highest BCUT2D eigenvalue weighted by Gasteiger charge is 2.09. The number of methoxy groups -OCH3 is 1. The van der Waals surface area contributed by atoms with E-state index >= 15 is 0 Å². The molecule has 0 unspecified atom stereocenters. The van der Waals surface area contributed by atoms with Gasteiger partial charge in [-0.25, -0.2) is 0 Å². The van der Waals surface area contributed by atoms with Crippen molar-refractivity contribution in [2.45, 2.75) is 26.6 Å². The average Bonchev–Trinajstić information content (AvgIpc) is 3.06. The van der Waals surface area contributed by atoms with Crippen LogP contribution in [-0.2, 0) is 29.2 Å². The lowest BCUT2D eigenvalue weighted by Crippen LogP contribution is -2.21. The van der Waals surface area contributed by atoms with Crippen LogP contribution in [-0.4, -0.2) is 51.3 Å². The third-order valence-electron chi connectivity index (χ3n) is 4.14. The smallest absolute Gasteiger partial charge is 0.221 e. The van der Waals surface area contributed by atoms with Gasteiger partial charge < -0.3 is 14.6 Å². The Balaban J connectivity index is 1.67. The number of nitrogens with one attached hydrogen (secondary N) is 1. The molecule has 0 aliphatic heterocycles. The first-order valence-corrected chi connectivity index (χ1v) is 8.76. The van der Waals surface area contributed by atoms with Gasteiger partial charge in [-0.3, -0.25) is 14.7 Å². The van der Waals surface area contributed by atoms with Crippen molar-refractivity contribution in [3.8, 4) is 0 Å². The molecular weight excluding hydrogens is 344 g/mol. The van der Waals surface area contributed by atoms with Gasteiger partial charge in [0.05, 0.1) is 24.4 Å². The van der Waals surface area contributed by atoms with Crippen molar-refractivity contribution in [3.05, 3.63) is 48.2 Å². The number of pyridine rings is 1. The summed E-state index contributed by atoms with van der Waals surface area (Å²) in [5.74, 6) is 0.814. The van der Waals surface area contributed by atoms with Crippen molar-refractivity contribution in [1.29, 1.82) is 0 Å². The third kappa shape index (κ3) is 5.08. The number of anilines is 1. The SMILES string of the molecule is COCCn1cnnc1CN(C)Cc1ccc2cc(NC(C)=O)ccc2n1. The van der Waals surface area contributed by atoms with Crippen molar-refractivity contribution in [2.24, 2.45) is 0 Å². The van der Waals surface area contributed by atoms with E-state index in [1.54, 1.807) is 13.4 Å². The third-order valence-corrected chi connectivity index (χ3v) is 4.14. The second-order valence-electron chi connectivity index (χ2n) is 6.50. The molecule has 0 atom stereocenters. The molecule has 0 fully saturated rings. The molecular formula is C19H24N6O2. The van der Waals surface area contributed by atoms with Gasteiger partial charge in [-0.1, -0.05) is 6.07 Å². The van der Waals surface area contributed by atoms with Gasteiger partial charge in [0.2, 0.25) is 5.91 Å². The maximum absolute atomic E-state index is 11.2. The topological polar surface area (TPSA) is 85.2 Å². The maximum atomic E-state index is 11.2. The standard InChI is InChI=1S/C19H24N6O2/c1-14(26)21-16-6-7-18-15(10-16)4-5-17(22-18)11-24(2)12-19-23-20-13-25(19)8-9-27-3/h4-7,10,13H,8-9,11-12H2,1-3H3,(H,21,26). The minimum Gasteiger partial charge on any atom is -0.383 e. The molecule has 3 rings (SSSR count). The molecule has 1 amide bonds. The summed E-state index contributed by atoms with van der Waals surface area (Å²) in [6, 6.07) is 9.74. The van der Waals surface area contributed by atoms with E-state index in [4.69, 9.17) is 9.72 Å². The molecule has 2 aromatic heterocycles. The Labute approximate surface area is 158 Å². The number of hydrogen-bond donors (Lipinski definition) is 1. The fourth-order valence-corrected chi connectivity index (χ4v) is 2.89. The summed E-state index contributed by atoms with van der Waals surface area (Å²) < 4.78 is 7.12. The molecule has 0 aliphatic rings. The second-order valence-corrected chi connectivity index (χ2v) is 6.50. The molecule has 0 bridgehead atoms. The number of fused-ring (bicyclic) bond motifs is 1. The number of carbonyl (C=O) groups excluding carboxylic acids is 1. The number of nitrogens with zero attached hydrogens (tertiary/aromatic N) is 5. The lowest BCUT2D eigenvalue weighted by atomic mass is 10.1. The Morgan fingerprint density at radius 3 is 2.89 bits per heavy atom. The van der Waals surface area contributed by atoms with Crippen molar-refractivity contribution in [3.63, 3.8) is 0 Å². The second kappa shape index (κ2) is 8.70. The van der Waals surface area contributed by atoms with Crippen LogP contribution in [0.1, 0.15) is 18.4 Å². The Bertz CT molecular complexity index is 923. The maximum Gasteiger partial charge on any atom is 0.221 e. The van der Waals surface area contributed by atoms with Crippen molar-refractivity contribution >= 4 is 22.5 Å². The van der Waals surface area contributed by atoms with Crippen LogP contribution in [0.15, 0.2) is 36.7 Å². The molecule has 0 radical (unpaired) electrons. The van der Waals surface area contributed by atoms with Gasteiger partial charge in [-0.05, 0) is 31.3 Å². The van der Waals surface area contributed by atoms with E-state index in [-0.39, 0.29) is 5.91 Å². The predicted octanol–water partition coefficient (Wildman–Crippen LogP) is 2.06. The molecule has 0 spiro atoms. The number of amides is 1. The van der Waals surface area contributed by atoms with Gasteiger partial charge in [0, 0.05) is 38.2 Å². The largest absolute Gasteiger partial charge is 0.383 e. The summed E-state index contributed by atoms with van der Waals surface area (Å²) in [6.45, 7) is 4.22. The molecule has 0 saturated carbocycles. The van der Waals surface area contributed by atoms with E-state index in [1.165, 1.54) is 6.92 Å². The molecule has 8 heteroatoms. The van der Waals surface area contributed by atoms with Gasteiger partial charge in [-0.15, -0.1) is 10.2 Å². The van der Waals surface area contributed by atoms with Gasteiger partial charge in [0.1, 0.15) is 12.2 Å². The number of aromatic nitrogens is 4. The molecule has 2 heterocycles. The number of carbonyl (C=O) groups is 1. The van der Waals surface area contributed by atoms with E-state index in [9.17, 15) is 4.79 Å². The Morgan fingerprint density at radius 2 is 2.11 bits per heavy atom. The van der Waals surface area contributed by atoms with Crippen LogP contribution in [0.3, 0.4) is 0 Å². The molecule has 1 N–H and O–H groups in total. The molecule has 0 saturated heterocycles. The zero-order valence-corrected chi connectivity index (χ0v) is 15.8. The fourth-order valence-electron chi connectivity index (χ4n) is 2.89. The zero-order chi connectivity index (χ0) is 19.2. The molecule has 8 nitrogen and oxygen atoms in total. The fraction of sp³-hybridized carbons (Fsp3) is 0.368. The van der Waals surface area contributed by atoms with Gasteiger partial charge in [0.15, 0.2) is 0 Å². The van der Waals surface area contributed by atoms with E-state index in [2.05, 4.69) is 20.4 Å².